The zero-order chi connectivity index (χ0) is 21.7. The Bertz CT molecular complexity index is 950. The van der Waals surface area contributed by atoms with Crippen LogP contribution >= 0.6 is 0 Å². The van der Waals surface area contributed by atoms with Gasteiger partial charge in [0.05, 0.1) is 38.1 Å². The van der Waals surface area contributed by atoms with Gasteiger partial charge in [-0.3, -0.25) is 0 Å². The van der Waals surface area contributed by atoms with Gasteiger partial charge in [-0.15, -0.1) is 0 Å². The van der Waals surface area contributed by atoms with Gasteiger partial charge >= 0.3 is 12.0 Å². The van der Waals surface area contributed by atoms with Gasteiger partial charge in [0.1, 0.15) is 11.5 Å². The first-order valence-corrected chi connectivity index (χ1v) is 9.70. The number of carbonyl (C=O) groups is 2. The number of amides is 2. The Morgan fingerprint density at radius 2 is 1.80 bits per heavy atom. The highest BCUT2D eigenvalue weighted by Crippen LogP contribution is 2.33. The molecule has 7 nitrogen and oxygen atoms in total. The first-order valence-electron chi connectivity index (χ1n) is 9.70. The molecule has 0 saturated heterocycles. The Labute approximate surface area is 176 Å². The number of urea groups is 1. The predicted octanol–water partition coefficient (Wildman–Crippen LogP) is 3.67. The van der Waals surface area contributed by atoms with E-state index < -0.39 is 18.0 Å². The molecule has 3 rings (SSSR count). The number of esters is 1. The van der Waals surface area contributed by atoms with Gasteiger partial charge in [0, 0.05) is 0 Å². The number of benzene rings is 2. The maximum atomic E-state index is 12.7. The Balaban J connectivity index is 2.06. The smallest absolute Gasteiger partial charge is 0.338 e. The lowest BCUT2D eigenvalue weighted by atomic mass is 9.92. The molecule has 2 N–H and O–H groups in total. The van der Waals surface area contributed by atoms with Crippen molar-refractivity contribution in [3.05, 3.63) is 65.2 Å². The fourth-order valence-corrected chi connectivity index (χ4v) is 3.18. The van der Waals surface area contributed by atoms with Gasteiger partial charge in [-0.05, 0) is 53.4 Å². The van der Waals surface area contributed by atoms with Crippen LogP contribution in [-0.4, -0.2) is 32.8 Å². The van der Waals surface area contributed by atoms with Crippen molar-refractivity contribution < 1.29 is 23.8 Å². The van der Waals surface area contributed by atoms with Gasteiger partial charge in [-0.2, -0.15) is 0 Å². The van der Waals surface area contributed by atoms with Gasteiger partial charge in [-0.25, -0.2) is 9.59 Å². The van der Waals surface area contributed by atoms with Crippen LogP contribution in [0.2, 0.25) is 0 Å². The normalized spacial score (nSPS) is 16.0. The molecule has 0 fully saturated rings. The number of carbonyl (C=O) groups excluding carboxylic acids is 2. The average Bonchev–Trinajstić information content (AvgIpc) is 2.76. The molecule has 0 saturated carbocycles. The molecule has 2 amide bonds. The maximum absolute atomic E-state index is 12.7. The molecule has 1 aliphatic rings. The molecular weight excluding hydrogens is 384 g/mol. The Kier molecular flexibility index (Phi) is 6.61. The summed E-state index contributed by atoms with van der Waals surface area (Å²) in [6.07, 6.45) is 0. The van der Waals surface area contributed by atoms with Crippen molar-refractivity contribution in [1.29, 1.82) is 0 Å². The molecule has 1 aliphatic heterocycles. The van der Waals surface area contributed by atoms with E-state index in [0.29, 0.717) is 40.9 Å². The van der Waals surface area contributed by atoms with Gasteiger partial charge < -0.3 is 24.8 Å². The summed E-state index contributed by atoms with van der Waals surface area (Å²) in [5, 5.41) is 5.57. The molecule has 0 aliphatic carbocycles. The number of rotatable bonds is 7. The Morgan fingerprint density at radius 1 is 1.07 bits per heavy atom. The van der Waals surface area contributed by atoms with E-state index in [2.05, 4.69) is 24.5 Å². The lowest BCUT2D eigenvalue weighted by Crippen LogP contribution is -2.45. The molecule has 2 aromatic rings. The number of methoxy groups -OCH3 is 2. The van der Waals surface area contributed by atoms with E-state index in [1.165, 1.54) is 7.11 Å². The zero-order valence-corrected chi connectivity index (χ0v) is 17.5. The molecule has 0 radical (unpaired) electrons. The van der Waals surface area contributed by atoms with E-state index in [1.807, 2.05) is 24.3 Å². The molecule has 0 aromatic heterocycles. The highest BCUT2D eigenvalue weighted by molar-refractivity contribution is 6.04. The van der Waals surface area contributed by atoms with Crippen LogP contribution < -0.4 is 20.1 Å². The lowest BCUT2D eigenvalue weighted by molar-refractivity contribution is -0.136. The molecule has 7 heteroatoms. The zero-order valence-electron chi connectivity index (χ0n) is 17.5. The molecule has 1 heterocycles. The molecular formula is C23H26N2O5. The van der Waals surface area contributed by atoms with Crippen molar-refractivity contribution in [2.45, 2.75) is 19.9 Å². The van der Waals surface area contributed by atoms with Crippen LogP contribution in [0.3, 0.4) is 0 Å². The number of hydrogen-bond acceptors (Lipinski definition) is 5. The minimum atomic E-state index is -0.689. The summed E-state index contributed by atoms with van der Waals surface area (Å²) in [5.74, 6) is 1.18. The number of ether oxygens (including phenoxy) is 3. The van der Waals surface area contributed by atoms with Crippen molar-refractivity contribution in [2.24, 2.45) is 5.92 Å². The third-order valence-electron chi connectivity index (χ3n) is 4.63. The lowest BCUT2D eigenvalue weighted by Gasteiger charge is -2.29. The summed E-state index contributed by atoms with van der Waals surface area (Å²) in [5.41, 5.74) is 2.09. The minimum absolute atomic E-state index is 0.309. The third kappa shape index (κ3) is 4.74. The summed E-state index contributed by atoms with van der Waals surface area (Å²) in [6.45, 7) is 4.70. The van der Waals surface area contributed by atoms with Crippen LogP contribution in [-0.2, 0) is 9.53 Å². The molecule has 30 heavy (non-hydrogen) atoms. The monoisotopic (exact) mass is 410 g/mol. The largest absolute Gasteiger partial charge is 0.497 e. The molecule has 158 valence electrons. The third-order valence-corrected chi connectivity index (χ3v) is 4.63. The van der Waals surface area contributed by atoms with Crippen molar-refractivity contribution in [2.75, 3.05) is 20.8 Å². The maximum Gasteiger partial charge on any atom is 0.338 e. The van der Waals surface area contributed by atoms with Crippen LogP contribution in [0, 0.1) is 5.92 Å². The standard InChI is InChI=1S/C23H26N2O5/c1-14(2)13-30-18-7-5-6-16(12-18)21-19(22(26)29-4)20(24-23(27)25-21)15-8-10-17(28-3)11-9-15/h5-12,14,21H,13H2,1-4H3,(H2,24,25,27). The van der Waals surface area contributed by atoms with Crippen LogP contribution in [0.4, 0.5) is 4.79 Å². The fourth-order valence-electron chi connectivity index (χ4n) is 3.18. The van der Waals surface area contributed by atoms with E-state index >= 15 is 0 Å². The first kappa shape index (κ1) is 21.2. The van der Waals surface area contributed by atoms with Crippen molar-refractivity contribution in [1.82, 2.24) is 10.6 Å². The van der Waals surface area contributed by atoms with Crippen LogP contribution in [0.25, 0.3) is 5.70 Å². The Hall–Kier alpha value is -3.48. The van der Waals surface area contributed by atoms with E-state index in [1.54, 1.807) is 31.4 Å². The highest BCUT2D eigenvalue weighted by atomic mass is 16.5. The van der Waals surface area contributed by atoms with Crippen molar-refractivity contribution in [3.63, 3.8) is 0 Å². The topological polar surface area (TPSA) is 85.9 Å². The highest BCUT2D eigenvalue weighted by Gasteiger charge is 2.34. The van der Waals surface area contributed by atoms with Crippen LogP contribution in [0.1, 0.15) is 31.0 Å². The van der Waals surface area contributed by atoms with Crippen molar-refractivity contribution in [3.8, 4) is 11.5 Å². The predicted molar refractivity (Wildman–Crippen MR) is 113 cm³/mol. The van der Waals surface area contributed by atoms with E-state index in [-0.39, 0.29) is 0 Å². The Morgan fingerprint density at radius 3 is 2.43 bits per heavy atom. The van der Waals surface area contributed by atoms with Gasteiger partial charge in [0.2, 0.25) is 0 Å². The summed E-state index contributed by atoms with van der Waals surface area (Å²) in [4.78, 5) is 25.2. The van der Waals surface area contributed by atoms with E-state index in [9.17, 15) is 9.59 Å². The van der Waals surface area contributed by atoms with Gasteiger partial charge in [0.15, 0.2) is 0 Å². The number of nitrogens with one attached hydrogen (secondary N) is 2. The second-order valence-corrected chi connectivity index (χ2v) is 7.32. The summed E-state index contributed by atoms with van der Waals surface area (Å²) in [7, 11) is 2.89. The molecule has 2 aromatic carbocycles. The summed E-state index contributed by atoms with van der Waals surface area (Å²) in [6, 6.07) is 13.3. The molecule has 1 atom stereocenters. The SMILES string of the molecule is COC(=O)C1=C(c2ccc(OC)cc2)NC(=O)NC1c1cccc(OCC(C)C)c1. The number of hydrogen-bond donors (Lipinski definition) is 2. The minimum Gasteiger partial charge on any atom is -0.497 e. The summed E-state index contributed by atoms with van der Waals surface area (Å²) >= 11 is 0. The van der Waals surface area contributed by atoms with Crippen LogP contribution in [0.5, 0.6) is 11.5 Å². The van der Waals surface area contributed by atoms with Gasteiger partial charge in [0.25, 0.3) is 0 Å². The molecule has 0 spiro atoms. The second-order valence-electron chi connectivity index (χ2n) is 7.32. The molecule has 1 unspecified atom stereocenters. The van der Waals surface area contributed by atoms with Crippen molar-refractivity contribution >= 4 is 17.7 Å². The van der Waals surface area contributed by atoms with Crippen LogP contribution in [0.15, 0.2) is 54.1 Å². The fraction of sp³-hybridized carbons (Fsp3) is 0.304. The van der Waals surface area contributed by atoms with E-state index in [0.717, 1.165) is 5.56 Å². The quantitative estimate of drug-likeness (QED) is 0.681. The van der Waals surface area contributed by atoms with E-state index in [4.69, 9.17) is 14.2 Å². The summed E-state index contributed by atoms with van der Waals surface area (Å²) < 4.78 is 16.0. The average molecular weight is 410 g/mol. The first-order chi connectivity index (χ1) is 14.4. The van der Waals surface area contributed by atoms with Gasteiger partial charge in [-0.1, -0.05) is 26.0 Å². The molecule has 0 bridgehead atoms. The second kappa shape index (κ2) is 9.35.